The van der Waals surface area contributed by atoms with Crippen molar-refractivity contribution in [2.75, 3.05) is 6.61 Å². The van der Waals surface area contributed by atoms with Gasteiger partial charge in [-0.2, -0.15) is 0 Å². The summed E-state index contributed by atoms with van der Waals surface area (Å²) in [4.78, 5) is 23.1. The lowest BCUT2D eigenvalue weighted by Gasteiger charge is -2.57. The predicted molar refractivity (Wildman–Crippen MR) is 80.2 cm³/mol. The zero-order valence-electron chi connectivity index (χ0n) is 13.6. The van der Waals surface area contributed by atoms with Gasteiger partial charge in [-0.25, -0.2) is 4.79 Å². The largest absolute Gasteiger partial charge is 0.463 e. The molecule has 3 fully saturated rings. The third-order valence-electron chi connectivity index (χ3n) is 6.10. The molecule has 6 heteroatoms. The van der Waals surface area contributed by atoms with E-state index in [1.165, 1.54) is 6.92 Å². The summed E-state index contributed by atoms with van der Waals surface area (Å²) in [5, 5.41) is 21.8. The van der Waals surface area contributed by atoms with Crippen LogP contribution in [0.2, 0.25) is 0 Å². The molecule has 1 aliphatic heterocycles. The molecule has 0 aromatic carbocycles. The van der Waals surface area contributed by atoms with Gasteiger partial charge in [0.05, 0.1) is 6.10 Å². The number of hydrogen-bond acceptors (Lipinski definition) is 6. The second-order valence-corrected chi connectivity index (χ2v) is 7.46. The minimum absolute atomic E-state index is 0.144. The molecule has 2 aliphatic carbocycles. The molecular formula is C17H24O6. The Labute approximate surface area is 135 Å². The Balaban J connectivity index is 1.98. The molecule has 1 saturated heterocycles. The van der Waals surface area contributed by atoms with E-state index in [4.69, 9.17) is 9.47 Å². The summed E-state index contributed by atoms with van der Waals surface area (Å²) in [6.07, 6.45) is 0.982. The van der Waals surface area contributed by atoms with Gasteiger partial charge in [-0.05, 0) is 25.7 Å². The predicted octanol–water partition coefficient (Wildman–Crippen LogP) is 0.949. The minimum atomic E-state index is -1.31. The summed E-state index contributed by atoms with van der Waals surface area (Å²) in [5.41, 5.74) is -1.46. The number of carbonyl (C=O) groups is 2. The lowest BCUT2D eigenvalue weighted by atomic mass is 9.51. The molecule has 6 unspecified atom stereocenters. The number of aliphatic hydroxyl groups excluding tert-OH is 1. The van der Waals surface area contributed by atoms with Gasteiger partial charge in [0.15, 0.2) is 0 Å². The highest BCUT2D eigenvalue weighted by Gasteiger charge is 2.64. The quantitative estimate of drug-likeness (QED) is 0.580. The molecule has 0 bridgehead atoms. The van der Waals surface area contributed by atoms with E-state index >= 15 is 0 Å². The maximum atomic E-state index is 11.9. The van der Waals surface area contributed by atoms with Crippen LogP contribution < -0.4 is 0 Å². The summed E-state index contributed by atoms with van der Waals surface area (Å²) >= 11 is 0. The number of esters is 2. The van der Waals surface area contributed by atoms with Crippen molar-refractivity contribution in [2.24, 2.45) is 17.3 Å². The van der Waals surface area contributed by atoms with Gasteiger partial charge in [-0.15, -0.1) is 0 Å². The topological polar surface area (TPSA) is 93.1 Å². The van der Waals surface area contributed by atoms with Gasteiger partial charge < -0.3 is 19.7 Å². The molecular weight excluding hydrogens is 300 g/mol. The van der Waals surface area contributed by atoms with Gasteiger partial charge in [0.25, 0.3) is 0 Å². The van der Waals surface area contributed by atoms with Crippen molar-refractivity contribution in [3.05, 3.63) is 12.2 Å². The fourth-order valence-electron chi connectivity index (χ4n) is 4.82. The van der Waals surface area contributed by atoms with Crippen molar-refractivity contribution in [3.63, 3.8) is 0 Å². The first kappa shape index (κ1) is 16.5. The maximum Gasteiger partial charge on any atom is 0.334 e. The summed E-state index contributed by atoms with van der Waals surface area (Å²) in [6, 6.07) is 0. The van der Waals surface area contributed by atoms with Crippen molar-refractivity contribution in [1.29, 1.82) is 0 Å². The van der Waals surface area contributed by atoms with E-state index in [0.717, 1.165) is 0 Å². The molecule has 128 valence electrons. The number of carbonyl (C=O) groups excluding carboxylic acids is 2. The zero-order chi connectivity index (χ0) is 17.0. The van der Waals surface area contributed by atoms with Crippen molar-refractivity contribution >= 4 is 11.9 Å². The van der Waals surface area contributed by atoms with Crippen molar-refractivity contribution in [2.45, 2.75) is 57.3 Å². The molecule has 3 rings (SSSR count). The standard InChI is InChI=1S/C17H24O6/c1-9-11-4-6-16(3)12(19)5-7-17(21,8-22-10(2)18)14(16)13(11)23-15(9)20/h11-14,19,21H,1,4-8H2,2-3H3. The Kier molecular flexibility index (Phi) is 3.80. The van der Waals surface area contributed by atoms with E-state index in [1.54, 1.807) is 0 Å². The van der Waals surface area contributed by atoms with Gasteiger partial charge in [-0.3, -0.25) is 4.79 Å². The van der Waals surface area contributed by atoms with Crippen LogP contribution in [0.3, 0.4) is 0 Å². The van der Waals surface area contributed by atoms with Crippen LogP contribution in [0.15, 0.2) is 12.2 Å². The minimum Gasteiger partial charge on any atom is -0.463 e. The maximum absolute atomic E-state index is 11.9. The molecule has 0 spiro atoms. The highest BCUT2D eigenvalue weighted by atomic mass is 16.6. The van der Waals surface area contributed by atoms with Gasteiger partial charge in [0, 0.05) is 29.7 Å². The molecule has 0 amide bonds. The van der Waals surface area contributed by atoms with E-state index in [2.05, 4.69) is 6.58 Å². The third kappa shape index (κ3) is 2.39. The first-order valence-electron chi connectivity index (χ1n) is 8.12. The van der Waals surface area contributed by atoms with Crippen LogP contribution in [-0.2, 0) is 19.1 Å². The molecule has 2 N–H and O–H groups in total. The lowest BCUT2D eigenvalue weighted by Crippen LogP contribution is -2.64. The Morgan fingerprint density at radius 1 is 1.43 bits per heavy atom. The van der Waals surface area contributed by atoms with Gasteiger partial charge in [0.2, 0.25) is 0 Å². The smallest absolute Gasteiger partial charge is 0.334 e. The van der Waals surface area contributed by atoms with Crippen LogP contribution >= 0.6 is 0 Å². The normalized spacial score (nSPS) is 45.9. The lowest BCUT2D eigenvalue weighted by molar-refractivity contribution is -0.231. The molecule has 0 radical (unpaired) electrons. The van der Waals surface area contributed by atoms with Gasteiger partial charge in [-0.1, -0.05) is 13.5 Å². The van der Waals surface area contributed by atoms with Crippen LogP contribution in [0.4, 0.5) is 0 Å². The Hall–Kier alpha value is -1.40. The molecule has 0 aromatic heterocycles. The van der Waals surface area contributed by atoms with E-state index in [-0.39, 0.29) is 12.5 Å². The summed E-state index contributed by atoms with van der Waals surface area (Å²) < 4.78 is 10.6. The average molecular weight is 324 g/mol. The Morgan fingerprint density at radius 2 is 2.13 bits per heavy atom. The Morgan fingerprint density at radius 3 is 2.78 bits per heavy atom. The van der Waals surface area contributed by atoms with Crippen LogP contribution in [0, 0.1) is 17.3 Å². The first-order valence-corrected chi connectivity index (χ1v) is 8.12. The first-order chi connectivity index (χ1) is 10.7. The van der Waals surface area contributed by atoms with Crippen LogP contribution in [0.25, 0.3) is 0 Å². The fourth-order valence-corrected chi connectivity index (χ4v) is 4.82. The molecule has 1 heterocycles. The molecule has 3 aliphatic rings. The van der Waals surface area contributed by atoms with E-state index in [0.29, 0.717) is 31.3 Å². The van der Waals surface area contributed by atoms with E-state index in [9.17, 15) is 19.8 Å². The third-order valence-corrected chi connectivity index (χ3v) is 6.10. The van der Waals surface area contributed by atoms with E-state index < -0.39 is 41.1 Å². The van der Waals surface area contributed by atoms with Crippen LogP contribution in [0.5, 0.6) is 0 Å². The van der Waals surface area contributed by atoms with Crippen molar-refractivity contribution < 1.29 is 29.3 Å². The zero-order valence-corrected chi connectivity index (χ0v) is 13.6. The molecule has 6 atom stereocenters. The molecule has 23 heavy (non-hydrogen) atoms. The van der Waals surface area contributed by atoms with Crippen molar-refractivity contribution in [3.8, 4) is 0 Å². The highest BCUT2D eigenvalue weighted by molar-refractivity contribution is 5.91. The van der Waals surface area contributed by atoms with Crippen molar-refractivity contribution in [1.82, 2.24) is 0 Å². The molecule has 2 saturated carbocycles. The summed E-state index contributed by atoms with van der Waals surface area (Å²) in [5.74, 6) is -1.53. The average Bonchev–Trinajstić information content (AvgIpc) is 2.76. The fraction of sp³-hybridized carbons (Fsp3) is 0.765. The number of rotatable bonds is 2. The molecule has 0 aromatic rings. The van der Waals surface area contributed by atoms with Crippen LogP contribution in [0.1, 0.15) is 39.5 Å². The van der Waals surface area contributed by atoms with Gasteiger partial charge in [0.1, 0.15) is 18.3 Å². The number of aliphatic hydroxyl groups is 2. The van der Waals surface area contributed by atoms with Gasteiger partial charge >= 0.3 is 11.9 Å². The Bertz CT molecular complexity index is 557. The number of ether oxygens (including phenoxy) is 2. The summed E-state index contributed by atoms with van der Waals surface area (Å²) in [7, 11) is 0. The second-order valence-electron chi connectivity index (χ2n) is 7.46. The number of hydrogen-bond donors (Lipinski definition) is 2. The van der Waals surface area contributed by atoms with E-state index in [1.807, 2.05) is 6.92 Å². The second kappa shape index (κ2) is 5.31. The van der Waals surface area contributed by atoms with Crippen LogP contribution in [-0.4, -0.2) is 46.6 Å². The number of fused-ring (bicyclic) bond motifs is 3. The monoisotopic (exact) mass is 324 g/mol. The summed E-state index contributed by atoms with van der Waals surface area (Å²) in [6.45, 7) is 6.88. The molecule has 6 nitrogen and oxygen atoms in total. The highest BCUT2D eigenvalue weighted by Crippen LogP contribution is 2.58. The SMILES string of the molecule is C=C1C(=O)OC2C1CCC1(C)C(O)CCC(O)(COC(C)=O)C21.